The Kier molecular flexibility index (Phi) is 5.15. The average Bonchev–Trinajstić information content (AvgIpc) is 2.81. The van der Waals surface area contributed by atoms with Crippen molar-refractivity contribution in [1.82, 2.24) is 10.3 Å². The molecule has 102 valence electrons. The van der Waals surface area contributed by atoms with Crippen LogP contribution in [0, 0.1) is 0 Å². The summed E-state index contributed by atoms with van der Waals surface area (Å²) in [7, 11) is 0. The first-order valence-corrected chi connectivity index (χ1v) is 7.82. The number of hydrogen-bond acceptors (Lipinski definition) is 4. The average molecular weight is 268 g/mol. The molecule has 1 aliphatic heterocycles. The largest absolute Gasteiger partial charge is 0.381 e. The zero-order valence-electron chi connectivity index (χ0n) is 11.7. The normalized spacial score (nSPS) is 17.6. The summed E-state index contributed by atoms with van der Waals surface area (Å²) in [5.41, 5.74) is 1.29. The van der Waals surface area contributed by atoms with Gasteiger partial charge in [-0.1, -0.05) is 20.8 Å². The van der Waals surface area contributed by atoms with E-state index in [0.717, 1.165) is 39.1 Å². The molecule has 2 heterocycles. The Morgan fingerprint density at radius 2 is 2.11 bits per heavy atom. The third-order valence-corrected chi connectivity index (χ3v) is 4.63. The minimum Gasteiger partial charge on any atom is -0.381 e. The Balaban J connectivity index is 2.15. The van der Waals surface area contributed by atoms with Gasteiger partial charge in [-0.15, -0.1) is 11.3 Å². The molecule has 0 atom stereocenters. The van der Waals surface area contributed by atoms with E-state index in [9.17, 15) is 0 Å². The Labute approximate surface area is 114 Å². The van der Waals surface area contributed by atoms with Gasteiger partial charge in [0, 0.05) is 30.6 Å². The van der Waals surface area contributed by atoms with E-state index in [1.54, 1.807) is 0 Å². The van der Waals surface area contributed by atoms with Crippen molar-refractivity contribution in [2.75, 3.05) is 19.8 Å². The Morgan fingerprint density at radius 1 is 1.39 bits per heavy atom. The van der Waals surface area contributed by atoms with Crippen LogP contribution in [-0.2, 0) is 11.3 Å². The van der Waals surface area contributed by atoms with Crippen LogP contribution in [0.3, 0.4) is 0 Å². The molecule has 0 bridgehead atoms. The van der Waals surface area contributed by atoms with Crippen LogP contribution < -0.4 is 5.32 Å². The lowest BCUT2D eigenvalue weighted by molar-refractivity contribution is 0.0852. The molecule has 0 amide bonds. The van der Waals surface area contributed by atoms with Crippen LogP contribution in [0.5, 0.6) is 0 Å². The Hall–Kier alpha value is -0.450. The van der Waals surface area contributed by atoms with Crippen LogP contribution in [0.25, 0.3) is 0 Å². The van der Waals surface area contributed by atoms with E-state index < -0.39 is 0 Å². The fraction of sp³-hybridized carbons (Fsp3) is 0.786. The number of nitrogens with one attached hydrogen (secondary N) is 1. The van der Waals surface area contributed by atoms with Gasteiger partial charge >= 0.3 is 0 Å². The van der Waals surface area contributed by atoms with Gasteiger partial charge in [0.2, 0.25) is 0 Å². The Bertz CT molecular complexity index is 370. The molecule has 18 heavy (non-hydrogen) atoms. The minimum absolute atomic E-state index is 0.517. The van der Waals surface area contributed by atoms with Crippen LogP contribution in [-0.4, -0.2) is 24.7 Å². The van der Waals surface area contributed by atoms with Gasteiger partial charge < -0.3 is 10.1 Å². The van der Waals surface area contributed by atoms with E-state index in [0.29, 0.717) is 11.8 Å². The molecule has 0 unspecified atom stereocenters. The maximum Gasteiger partial charge on any atom is 0.0964 e. The van der Waals surface area contributed by atoms with Gasteiger partial charge in [-0.3, -0.25) is 0 Å². The molecule has 0 saturated carbocycles. The summed E-state index contributed by atoms with van der Waals surface area (Å²) in [5, 5.41) is 4.75. The van der Waals surface area contributed by atoms with Crippen LogP contribution in [0.15, 0.2) is 0 Å². The highest BCUT2D eigenvalue weighted by molar-refractivity contribution is 7.11. The molecule has 2 rings (SSSR count). The molecule has 1 N–H and O–H groups in total. The van der Waals surface area contributed by atoms with Gasteiger partial charge in [-0.25, -0.2) is 4.98 Å². The second-order valence-electron chi connectivity index (χ2n) is 5.18. The highest BCUT2D eigenvalue weighted by Crippen LogP contribution is 2.34. The van der Waals surface area contributed by atoms with Crippen molar-refractivity contribution in [3.63, 3.8) is 0 Å². The van der Waals surface area contributed by atoms with Gasteiger partial charge in [-0.2, -0.15) is 0 Å². The van der Waals surface area contributed by atoms with Gasteiger partial charge in [0.05, 0.1) is 10.7 Å². The first kappa shape index (κ1) is 14.0. The quantitative estimate of drug-likeness (QED) is 0.890. The van der Waals surface area contributed by atoms with E-state index in [4.69, 9.17) is 9.72 Å². The molecule has 3 nitrogen and oxygen atoms in total. The first-order chi connectivity index (χ1) is 8.72. The summed E-state index contributed by atoms with van der Waals surface area (Å²) in [6.45, 7) is 10.4. The number of aromatic nitrogens is 1. The van der Waals surface area contributed by atoms with Gasteiger partial charge in [0.25, 0.3) is 0 Å². The molecule has 1 aromatic rings. The van der Waals surface area contributed by atoms with Crippen LogP contribution in [0.2, 0.25) is 0 Å². The third kappa shape index (κ3) is 3.31. The fourth-order valence-electron chi connectivity index (χ4n) is 2.32. The summed E-state index contributed by atoms with van der Waals surface area (Å²) in [4.78, 5) is 6.33. The smallest absolute Gasteiger partial charge is 0.0964 e. The highest BCUT2D eigenvalue weighted by Gasteiger charge is 2.22. The molecule has 1 aliphatic rings. The maximum absolute atomic E-state index is 5.44. The zero-order valence-corrected chi connectivity index (χ0v) is 12.5. The van der Waals surface area contributed by atoms with Crippen molar-refractivity contribution in [3.05, 3.63) is 15.6 Å². The molecule has 0 spiro atoms. The molecule has 1 saturated heterocycles. The minimum atomic E-state index is 0.517. The topological polar surface area (TPSA) is 34.1 Å². The molecule has 1 aromatic heterocycles. The number of hydrogen-bond donors (Lipinski definition) is 1. The van der Waals surface area contributed by atoms with E-state index in [1.165, 1.54) is 15.6 Å². The summed E-state index contributed by atoms with van der Waals surface area (Å²) in [6.07, 6.45) is 2.26. The van der Waals surface area contributed by atoms with Crippen molar-refractivity contribution in [2.45, 2.75) is 52.0 Å². The SMILES string of the molecule is CCNCc1sc(C2CCOCC2)nc1C(C)C. The zero-order chi connectivity index (χ0) is 13.0. The van der Waals surface area contributed by atoms with Crippen molar-refractivity contribution >= 4 is 11.3 Å². The maximum atomic E-state index is 5.44. The number of thiazole rings is 1. The summed E-state index contributed by atoms with van der Waals surface area (Å²) < 4.78 is 5.44. The van der Waals surface area contributed by atoms with Crippen molar-refractivity contribution in [1.29, 1.82) is 0 Å². The molecule has 4 heteroatoms. The van der Waals surface area contributed by atoms with Gasteiger partial charge in [-0.05, 0) is 25.3 Å². The second kappa shape index (κ2) is 6.64. The van der Waals surface area contributed by atoms with E-state index >= 15 is 0 Å². The molecule has 0 radical (unpaired) electrons. The fourth-order valence-corrected chi connectivity index (χ4v) is 3.68. The van der Waals surface area contributed by atoms with Crippen LogP contribution in [0.4, 0.5) is 0 Å². The van der Waals surface area contributed by atoms with E-state index in [2.05, 4.69) is 26.1 Å². The number of rotatable bonds is 5. The van der Waals surface area contributed by atoms with E-state index in [1.807, 2.05) is 11.3 Å². The molecule has 0 aliphatic carbocycles. The summed E-state index contributed by atoms with van der Waals surface area (Å²) in [5.74, 6) is 1.14. The number of nitrogens with zero attached hydrogens (tertiary/aromatic N) is 1. The van der Waals surface area contributed by atoms with Gasteiger partial charge in [0.1, 0.15) is 0 Å². The summed E-state index contributed by atoms with van der Waals surface area (Å²) >= 11 is 1.91. The Morgan fingerprint density at radius 3 is 2.72 bits per heavy atom. The second-order valence-corrected chi connectivity index (χ2v) is 6.30. The highest BCUT2D eigenvalue weighted by atomic mass is 32.1. The molecular formula is C14H24N2OS. The molecular weight excluding hydrogens is 244 g/mol. The van der Waals surface area contributed by atoms with Crippen molar-refractivity contribution < 1.29 is 4.74 Å². The molecule has 1 fully saturated rings. The van der Waals surface area contributed by atoms with Crippen molar-refractivity contribution in [2.24, 2.45) is 0 Å². The predicted octanol–water partition coefficient (Wildman–Crippen LogP) is 3.27. The van der Waals surface area contributed by atoms with Crippen LogP contribution in [0.1, 0.15) is 61.0 Å². The first-order valence-electron chi connectivity index (χ1n) is 7.00. The lowest BCUT2D eigenvalue weighted by Gasteiger charge is -2.19. The lowest BCUT2D eigenvalue weighted by atomic mass is 10.0. The predicted molar refractivity (Wildman–Crippen MR) is 76.4 cm³/mol. The third-order valence-electron chi connectivity index (χ3n) is 3.40. The number of ether oxygens (including phenoxy) is 1. The van der Waals surface area contributed by atoms with Gasteiger partial charge in [0.15, 0.2) is 0 Å². The van der Waals surface area contributed by atoms with Crippen molar-refractivity contribution in [3.8, 4) is 0 Å². The monoisotopic (exact) mass is 268 g/mol. The summed E-state index contributed by atoms with van der Waals surface area (Å²) in [6, 6.07) is 0. The lowest BCUT2D eigenvalue weighted by Crippen LogP contribution is -2.13. The molecule has 0 aromatic carbocycles. The van der Waals surface area contributed by atoms with Crippen LogP contribution >= 0.6 is 11.3 Å². The van der Waals surface area contributed by atoms with E-state index in [-0.39, 0.29) is 0 Å². The standard InChI is InChI=1S/C14H24N2OS/c1-4-15-9-12-13(10(2)3)16-14(18-12)11-5-7-17-8-6-11/h10-11,15H,4-9H2,1-3H3.